The number of halogens is 2. The normalized spacial score (nSPS) is 21.2. The molecule has 0 radical (unpaired) electrons. The lowest BCUT2D eigenvalue weighted by atomic mass is 9.93. The molecule has 2 atom stereocenters. The van der Waals surface area contributed by atoms with Crippen LogP contribution in [0.3, 0.4) is 0 Å². The number of rotatable bonds is 1. The number of benzene rings is 2. The fourth-order valence-electron chi connectivity index (χ4n) is 2.56. The van der Waals surface area contributed by atoms with Crippen LogP contribution in [0.25, 0.3) is 0 Å². The van der Waals surface area contributed by atoms with E-state index in [1.54, 1.807) is 0 Å². The zero-order valence-corrected chi connectivity index (χ0v) is 14.2. The maximum Gasteiger partial charge on any atom is 0.127 e. The highest BCUT2D eigenvalue weighted by atomic mass is 79.9. The van der Waals surface area contributed by atoms with Crippen LogP contribution in [-0.2, 0) is 0 Å². The van der Waals surface area contributed by atoms with Gasteiger partial charge in [-0.05, 0) is 36.8 Å². The van der Waals surface area contributed by atoms with Gasteiger partial charge in [0.25, 0.3) is 0 Å². The number of fused-ring (bicyclic) bond motifs is 1. The van der Waals surface area contributed by atoms with Gasteiger partial charge in [-0.25, -0.2) is 0 Å². The Morgan fingerprint density at radius 2 is 1.90 bits per heavy atom. The lowest BCUT2D eigenvalue weighted by Gasteiger charge is -2.31. The number of aryl methyl sites for hydroxylation is 1. The molecule has 0 aliphatic carbocycles. The second-order valence-electron chi connectivity index (χ2n) is 5.16. The van der Waals surface area contributed by atoms with Crippen molar-refractivity contribution < 1.29 is 4.74 Å². The first-order valence-electron chi connectivity index (χ1n) is 6.52. The molecule has 0 amide bonds. The molecule has 0 spiro atoms. The minimum absolute atomic E-state index is 0.00514. The smallest absolute Gasteiger partial charge is 0.127 e. The molecular formula is C16H15Br2NO. The zero-order valence-electron chi connectivity index (χ0n) is 11.1. The van der Waals surface area contributed by atoms with Crippen LogP contribution in [0.15, 0.2) is 45.3 Å². The van der Waals surface area contributed by atoms with E-state index in [0.29, 0.717) is 0 Å². The van der Waals surface area contributed by atoms with E-state index in [4.69, 9.17) is 10.5 Å². The molecule has 1 unspecified atom stereocenters. The molecule has 104 valence electrons. The third kappa shape index (κ3) is 2.65. The number of hydrogen-bond acceptors (Lipinski definition) is 2. The van der Waals surface area contributed by atoms with Crippen molar-refractivity contribution in [3.63, 3.8) is 0 Å². The summed E-state index contributed by atoms with van der Waals surface area (Å²) in [7, 11) is 0. The predicted octanol–water partition coefficient (Wildman–Crippen LogP) is 5.04. The summed E-state index contributed by atoms with van der Waals surface area (Å²) in [6.07, 6.45) is 0.777. The Bertz CT molecular complexity index is 657. The van der Waals surface area contributed by atoms with Crippen molar-refractivity contribution in [2.45, 2.75) is 25.5 Å². The average molecular weight is 397 g/mol. The van der Waals surface area contributed by atoms with Crippen LogP contribution < -0.4 is 10.5 Å². The molecule has 1 aliphatic heterocycles. The Kier molecular flexibility index (Phi) is 3.89. The third-order valence-corrected chi connectivity index (χ3v) is 4.79. The van der Waals surface area contributed by atoms with E-state index in [1.807, 2.05) is 18.2 Å². The van der Waals surface area contributed by atoms with Crippen LogP contribution in [-0.4, -0.2) is 0 Å². The van der Waals surface area contributed by atoms with E-state index in [9.17, 15) is 0 Å². The molecule has 2 aromatic rings. The molecule has 20 heavy (non-hydrogen) atoms. The molecular weight excluding hydrogens is 382 g/mol. The van der Waals surface area contributed by atoms with Crippen molar-refractivity contribution in [2.75, 3.05) is 0 Å². The van der Waals surface area contributed by atoms with Crippen LogP contribution in [0, 0.1) is 6.92 Å². The van der Waals surface area contributed by atoms with Crippen molar-refractivity contribution in [2.24, 2.45) is 5.73 Å². The Morgan fingerprint density at radius 3 is 2.65 bits per heavy atom. The van der Waals surface area contributed by atoms with Crippen molar-refractivity contribution in [3.8, 4) is 5.75 Å². The third-order valence-electron chi connectivity index (χ3n) is 3.61. The molecule has 0 aromatic heterocycles. The molecule has 1 aliphatic rings. The van der Waals surface area contributed by atoms with E-state index < -0.39 is 0 Å². The van der Waals surface area contributed by atoms with Gasteiger partial charge >= 0.3 is 0 Å². The minimum Gasteiger partial charge on any atom is -0.485 e. The van der Waals surface area contributed by atoms with Gasteiger partial charge in [-0.2, -0.15) is 0 Å². The highest BCUT2D eigenvalue weighted by Gasteiger charge is 2.28. The quantitative estimate of drug-likeness (QED) is 0.732. The standard InChI is InChI=1S/C16H15Br2NO/c1-9-2-4-11(13(18)6-9)16-8-14(19)12-7-10(17)3-5-15(12)20-16/h2-7,14,16H,8,19H2,1H3/t14-,16?/m1/s1. The summed E-state index contributed by atoms with van der Waals surface area (Å²) < 4.78 is 8.24. The SMILES string of the molecule is Cc1ccc(C2C[C@@H](N)c3cc(Br)ccc3O2)c(Br)c1. The summed E-state index contributed by atoms with van der Waals surface area (Å²) in [4.78, 5) is 0. The number of hydrogen-bond donors (Lipinski definition) is 1. The molecule has 2 N–H and O–H groups in total. The van der Waals surface area contributed by atoms with Gasteiger partial charge in [0.1, 0.15) is 11.9 Å². The summed E-state index contributed by atoms with van der Waals surface area (Å²) in [5.74, 6) is 0.879. The van der Waals surface area contributed by atoms with Crippen LogP contribution >= 0.6 is 31.9 Å². The molecule has 0 fully saturated rings. The molecule has 0 saturated carbocycles. The lowest BCUT2D eigenvalue weighted by molar-refractivity contribution is 0.161. The van der Waals surface area contributed by atoms with Gasteiger partial charge in [0.15, 0.2) is 0 Å². The van der Waals surface area contributed by atoms with E-state index in [1.165, 1.54) is 5.56 Å². The van der Waals surface area contributed by atoms with Crippen molar-refractivity contribution in [1.29, 1.82) is 0 Å². The topological polar surface area (TPSA) is 35.2 Å². The number of nitrogens with two attached hydrogens (primary N) is 1. The second kappa shape index (κ2) is 5.51. The molecule has 3 rings (SSSR count). The van der Waals surface area contributed by atoms with Gasteiger partial charge in [-0.3, -0.25) is 0 Å². The van der Waals surface area contributed by atoms with Crippen molar-refractivity contribution >= 4 is 31.9 Å². The van der Waals surface area contributed by atoms with E-state index >= 15 is 0 Å². The van der Waals surface area contributed by atoms with E-state index in [-0.39, 0.29) is 12.1 Å². The monoisotopic (exact) mass is 395 g/mol. The van der Waals surface area contributed by atoms with Crippen LogP contribution in [0.2, 0.25) is 0 Å². The van der Waals surface area contributed by atoms with Crippen LogP contribution in [0.5, 0.6) is 5.75 Å². The molecule has 2 aromatic carbocycles. The maximum absolute atomic E-state index is 6.31. The van der Waals surface area contributed by atoms with Gasteiger partial charge in [0.2, 0.25) is 0 Å². The average Bonchev–Trinajstić information content (AvgIpc) is 2.39. The molecule has 0 bridgehead atoms. The van der Waals surface area contributed by atoms with Crippen molar-refractivity contribution in [3.05, 3.63) is 62.0 Å². The molecule has 1 heterocycles. The Labute approximate surface area is 135 Å². The largest absolute Gasteiger partial charge is 0.485 e. The highest BCUT2D eigenvalue weighted by molar-refractivity contribution is 9.10. The van der Waals surface area contributed by atoms with Gasteiger partial charge < -0.3 is 10.5 Å². The van der Waals surface area contributed by atoms with Crippen molar-refractivity contribution in [1.82, 2.24) is 0 Å². The summed E-state index contributed by atoms with van der Waals surface area (Å²) >= 11 is 7.10. The first-order chi connectivity index (χ1) is 9.54. The van der Waals surface area contributed by atoms with Gasteiger partial charge in [0, 0.05) is 32.5 Å². The summed E-state index contributed by atoms with van der Waals surface area (Å²) in [6.45, 7) is 2.08. The van der Waals surface area contributed by atoms with Gasteiger partial charge in [-0.1, -0.05) is 44.0 Å². The predicted molar refractivity (Wildman–Crippen MR) is 87.9 cm³/mol. The van der Waals surface area contributed by atoms with E-state index in [0.717, 1.165) is 32.2 Å². The first-order valence-corrected chi connectivity index (χ1v) is 8.11. The Balaban J connectivity index is 1.97. The fraction of sp³-hybridized carbons (Fsp3) is 0.250. The van der Waals surface area contributed by atoms with Gasteiger partial charge in [-0.15, -0.1) is 0 Å². The molecule has 4 heteroatoms. The van der Waals surface area contributed by atoms with Gasteiger partial charge in [0.05, 0.1) is 0 Å². The Morgan fingerprint density at radius 1 is 1.10 bits per heavy atom. The maximum atomic E-state index is 6.31. The summed E-state index contributed by atoms with van der Waals surface area (Å²) in [6, 6.07) is 12.3. The van der Waals surface area contributed by atoms with E-state index in [2.05, 4.69) is 57.0 Å². The summed E-state index contributed by atoms with van der Waals surface area (Å²) in [5, 5.41) is 0. The van der Waals surface area contributed by atoms with Crippen LogP contribution in [0.1, 0.15) is 35.3 Å². The highest BCUT2D eigenvalue weighted by Crippen LogP contribution is 2.42. The lowest BCUT2D eigenvalue weighted by Crippen LogP contribution is -2.24. The molecule has 0 saturated heterocycles. The molecule has 2 nitrogen and oxygen atoms in total. The van der Waals surface area contributed by atoms with Crippen LogP contribution in [0.4, 0.5) is 0 Å². The zero-order chi connectivity index (χ0) is 14.3. The minimum atomic E-state index is -0.00588. The fourth-order valence-corrected chi connectivity index (χ4v) is 3.69. The second-order valence-corrected chi connectivity index (χ2v) is 6.93. The summed E-state index contributed by atoms with van der Waals surface area (Å²) in [5.41, 5.74) is 9.75. The Hall–Kier alpha value is -0.840. The first kappa shape index (κ1) is 14.1. The number of ether oxygens (including phenoxy) is 1.